The van der Waals surface area contributed by atoms with Gasteiger partial charge >= 0.3 is 0 Å². The van der Waals surface area contributed by atoms with Gasteiger partial charge in [0.25, 0.3) is 0 Å². The second-order valence-corrected chi connectivity index (χ2v) is 5.50. The van der Waals surface area contributed by atoms with Gasteiger partial charge in [0.15, 0.2) is 0 Å². The predicted molar refractivity (Wildman–Crippen MR) is 37.3 cm³/mol. The van der Waals surface area contributed by atoms with Crippen LogP contribution in [0.1, 0.15) is 0 Å². The largest absolute Gasteiger partial charge is 0.350 e. The van der Waals surface area contributed by atoms with Crippen molar-refractivity contribution in [2.45, 2.75) is 6.03 Å². The predicted octanol–water partition coefficient (Wildman–Crippen LogP) is 1.19. The van der Waals surface area contributed by atoms with Crippen LogP contribution in [0.25, 0.3) is 0 Å². The number of ether oxygens (including phenoxy) is 2. The van der Waals surface area contributed by atoms with Gasteiger partial charge in [-0.1, -0.05) is 0 Å². The normalized spacial score (nSPS) is 12.6. The minimum absolute atomic E-state index is 0.544. The Kier molecular flexibility index (Phi) is 3.41. The van der Waals surface area contributed by atoms with E-state index in [1.54, 1.807) is 13.3 Å². The lowest BCUT2D eigenvalue weighted by Crippen LogP contribution is -2.11. The first kappa shape index (κ1) is 9.15. The van der Waals surface area contributed by atoms with Crippen molar-refractivity contribution >= 4 is 7.14 Å². The molecule has 0 aliphatic heterocycles. The van der Waals surface area contributed by atoms with Crippen LogP contribution in [0.3, 0.4) is 0 Å². The van der Waals surface area contributed by atoms with Crippen LogP contribution in [-0.2, 0) is 14.0 Å². The average Bonchev–Trinajstić information content (AvgIpc) is 1.65. The molecule has 0 unspecified atom stereocenters. The van der Waals surface area contributed by atoms with E-state index in [1.165, 1.54) is 14.2 Å². The van der Waals surface area contributed by atoms with Crippen molar-refractivity contribution in [3.05, 3.63) is 0 Å². The lowest BCUT2D eigenvalue weighted by atomic mass is 11.3. The number of methoxy groups -OCH3 is 2. The quantitative estimate of drug-likeness (QED) is 0.450. The molecule has 0 aromatic heterocycles. The first-order valence-corrected chi connectivity index (χ1v) is 5.29. The SMILES string of the molecule is COC(OC)P(C)(C)=O. The molecular weight excluding hydrogens is 139 g/mol. The van der Waals surface area contributed by atoms with E-state index < -0.39 is 13.2 Å². The lowest BCUT2D eigenvalue weighted by Gasteiger charge is -2.16. The van der Waals surface area contributed by atoms with E-state index in [2.05, 4.69) is 0 Å². The van der Waals surface area contributed by atoms with Gasteiger partial charge in [0.05, 0.1) is 0 Å². The van der Waals surface area contributed by atoms with Gasteiger partial charge < -0.3 is 14.0 Å². The van der Waals surface area contributed by atoms with Crippen LogP contribution in [0.5, 0.6) is 0 Å². The maximum Gasteiger partial charge on any atom is 0.210 e. The molecule has 56 valence electrons. The lowest BCUT2D eigenvalue weighted by molar-refractivity contribution is -0.0427. The van der Waals surface area contributed by atoms with E-state index in [0.29, 0.717) is 0 Å². The third kappa shape index (κ3) is 2.99. The summed E-state index contributed by atoms with van der Waals surface area (Å²) in [4.78, 5) is 0. The summed E-state index contributed by atoms with van der Waals surface area (Å²) in [6, 6.07) is -0.544. The molecule has 0 aliphatic carbocycles. The standard InChI is InChI=1S/C5H13O3P/c1-7-5(8-2)9(3,4)6/h5H,1-4H3. The Balaban J connectivity index is 3.96. The van der Waals surface area contributed by atoms with Crippen molar-refractivity contribution in [3.8, 4) is 0 Å². The number of hydrogen-bond donors (Lipinski definition) is 0. The average molecular weight is 152 g/mol. The number of hydrogen-bond acceptors (Lipinski definition) is 3. The smallest absolute Gasteiger partial charge is 0.210 e. The molecule has 9 heavy (non-hydrogen) atoms. The molecule has 0 heterocycles. The summed E-state index contributed by atoms with van der Waals surface area (Å²) in [5.41, 5.74) is 0. The third-order valence-electron chi connectivity index (χ3n) is 0.911. The molecule has 0 spiro atoms. The van der Waals surface area contributed by atoms with Gasteiger partial charge in [-0.25, -0.2) is 0 Å². The van der Waals surface area contributed by atoms with Crippen molar-refractivity contribution in [1.82, 2.24) is 0 Å². The molecule has 0 fully saturated rings. The fourth-order valence-electron chi connectivity index (χ4n) is 0.604. The van der Waals surface area contributed by atoms with Crippen LogP contribution >= 0.6 is 7.14 Å². The molecule has 4 heteroatoms. The van der Waals surface area contributed by atoms with Gasteiger partial charge in [0.2, 0.25) is 6.03 Å². The zero-order chi connectivity index (χ0) is 7.49. The molecule has 0 radical (unpaired) electrons. The molecule has 0 aromatic carbocycles. The fourth-order valence-corrected chi connectivity index (χ4v) is 1.62. The van der Waals surface area contributed by atoms with E-state index in [0.717, 1.165) is 0 Å². The van der Waals surface area contributed by atoms with Crippen molar-refractivity contribution < 1.29 is 14.0 Å². The minimum atomic E-state index is -2.22. The minimum Gasteiger partial charge on any atom is -0.350 e. The van der Waals surface area contributed by atoms with Gasteiger partial charge in [-0.3, -0.25) is 0 Å². The van der Waals surface area contributed by atoms with Gasteiger partial charge in [-0.2, -0.15) is 0 Å². The highest BCUT2D eigenvalue weighted by Gasteiger charge is 2.21. The van der Waals surface area contributed by atoms with E-state index in [4.69, 9.17) is 9.47 Å². The summed E-state index contributed by atoms with van der Waals surface area (Å²) in [5, 5.41) is 0. The molecule has 0 saturated carbocycles. The molecule has 0 N–H and O–H groups in total. The van der Waals surface area contributed by atoms with Gasteiger partial charge in [0.1, 0.15) is 7.14 Å². The first-order chi connectivity index (χ1) is 4.02. The Morgan fingerprint density at radius 2 is 1.56 bits per heavy atom. The molecule has 0 amide bonds. The molecule has 0 bridgehead atoms. The highest BCUT2D eigenvalue weighted by Crippen LogP contribution is 2.42. The van der Waals surface area contributed by atoms with Crippen LogP contribution < -0.4 is 0 Å². The molecule has 0 aliphatic rings. The van der Waals surface area contributed by atoms with Gasteiger partial charge in [-0.15, -0.1) is 0 Å². The summed E-state index contributed by atoms with van der Waals surface area (Å²) in [6.45, 7) is 3.26. The highest BCUT2D eigenvalue weighted by atomic mass is 31.2. The Morgan fingerprint density at radius 3 is 1.56 bits per heavy atom. The summed E-state index contributed by atoms with van der Waals surface area (Å²) in [5.74, 6) is 0. The zero-order valence-electron chi connectivity index (χ0n) is 6.25. The Bertz CT molecular complexity index is 113. The zero-order valence-corrected chi connectivity index (χ0v) is 7.14. The third-order valence-corrected chi connectivity index (χ3v) is 2.35. The second kappa shape index (κ2) is 3.35. The topological polar surface area (TPSA) is 35.5 Å². The van der Waals surface area contributed by atoms with Crippen LogP contribution in [0, 0.1) is 0 Å². The molecule has 3 nitrogen and oxygen atoms in total. The highest BCUT2D eigenvalue weighted by molar-refractivity contribution is 7.62. The number of rotatable bonds is 3. The van der Waals surface area contributed by atoms with Crippen LogP contribution in [0.4, 0.5) is 0 Å². The van der Waals surface area contributed by atoms with Crippen LogP contribution in [-0.4, -0.2) is 33.6 Å². The van der Waals surface area contributed by atoms with Crippen molar-refractivity contribution in [3.63, 3.8) is 0 Å². The second-order valence-electron chi connectivity index (χ2n) is 2.21. The molecule has 0 rings (SSSR count). The van der Waals surface area contributed by atoms with Gasteiger partial charge in [-0.05, 0) is 13.3 Å². The summed E-state index contributed by atoms with van der Waals surface area (Å²) >= 11 is 0. The Hall–Kier alpha value is 0.150. The maximum atomic E-state index is 11.1. The Labute approximate surface area is 55.7 Å². The summed E-state index contributed by atoms with van der Waals surface area (Å²) < 4.78 is 20.7. The van der Waals surface area contributed by atoms with Crippen molar-refractivity contribution in [1.29, 1.82) is 0 Å². The Morgan fingerprint density at radius 1 is 1.22 bits per heavy atom. The van der Waals surface area contributed by atoms with E-state index in [-0.39, 0.29) is 0 Å². The van der Waals surface area contributed by atoms with E-state index in [9.17, 15) is 4.57 Å². The maximum absolute atomic E-state index is 11.1. The van der Waals surface area contributed by atoms with Crippen LogP contribution in [0.15, 0.2) is 0 Å². The van der Waals surface area contributed by atoms with E-state index >= 15 is 0 Å². The van der Waals surface area contributed by atoms with Crippen molar-refractivity contribution in [2.24, 2.45) is 0 Å². The molecule has 0 atom stereocenters. The molecular formula is C5H13O3P. The van der Waals surface area contributed by atoms with Gasteiger partial charge in [0, 0.05) is 14.2 Å². The van der Waals surface area contributed by atoms with Crippen LogP contribution in [0.2, 0.25) is 0 Å². The van der Waals surface area contributed by atoms with Crippen molar-refractivity contribution in [2.75, 3.05) is 27.5 Å². The summed E-state index contributed by atoms with van der Waals surface area (Å²) in [7, 11) is 0.740. The summed E-state index contributed by atoms with van der Waals surface area (Å²) in [6.07, 6.45) is 0. The van der Waals surface area contributed by atoms with E-state index in [1.807, 2.05) is 0 Å². The molecule has 0 aromatic rings. The molecule has 0 saturated heterocycles. The monoisotopic (exact) mass is 152 g/mol. The first-order valence-electron chi connectivity index (χ1n) is 2.62. The fraction of sp³-hybridized carbons (Fsp3) is 1.00.